The molecule has 0 saturated carbocycles. The Morgan fingerprint density at radius 2 is 1.77 bits per heavy atom. The van der Waals surface area contributed by atoms with E-state index in [1.807, 2.05) is 23.1 Å². The second kappa shape index (κ2) is 15.3. The lowest BCUT2D eigenvalue weighted by Gasteiger charge is -2.27. The minimum Gasteiger partial charge on any atom is -0.493 e. The second-order valence-corrected chi connectivity index (χ2v) is 9.64. The summed E-state index contributed by atoms with van der Waals surface area (Å²) in [5.41, 5.74) is 1.04. The molecule has 194 valence electrons. The number of urea groups is 1. The van der Waals surface area contributed by atoms with Crippen LogP contribution in [0, 0.1) is 6.92 Å². The number of hydrogen-bond donors (Lipinski definition) is 1. The molecule has 35 heavy (non-hydrogen) atoms. The molecule has 0 atom stereocenters. The molecule has 1 aromatic carbocycles. The van der Waals surface area contributed by atoms with Crippen LogP contribution in [0.25, 0.3) is 0 Å². The summed E-state index contributed by atoms with van der Waals surface area (Å²) in [4.78, 5) is 31.8. The van der Waals surface area contributed by atoms with Gasteiger partial charge in [-0.1, -0.05) is 19.4 Å². The Labute approximate surface area is 213 Å². The molecule has 0 aliphatic heterocycles. The SMILES string of the molecule is CCCCNC(=O)N(CCOC)CC(=O)N(CCc1ccc(OC)c(OC)c1)Cc1ccc(C)s1. The third kappa shape index (κ3) is 9.41. The van der Waals surface area contributed by atoms with Crippen molar-refractivity contribution in [3.8, 4) is 11.5 Å². The molecule has 0 aliphatic carbocycles. The summed E-state index contributed by atoms with van der Waals surface area (Å²) in [6, 6.07) is 9.65. The highest BCUT2D eigenvalue weighted by Crippen LogP contribution is 2.28. The molecule has 9 heteroatoms. The zero-order chi connectivity index (χ0) is 25.6. The molecule has 2 rings (SSSR count). The van der Waals surface area contributed by atoms with Gasteiger partial charge < -0.3 is 29.3 Å². The number of carbonyl (C=O) groups excluding carboxylic acids is 2. The van der Waals surface area contributed by atoms with Gasteiger partial charge in [-0.3, -0.25) is 4.79 Å². The first-order chi connectivity index (χ1) is 16.9. The van der Waals surface area contributed by atoms with Crippen LogP contribution in [-0.2, 0) is 22.5 Å². The maximum Gasteiger partial charge on any atom is 0.317 e. The van der Waals surface area contributed by atoms with Crippen LogP contribution in [0.5, 0.6) is 11.5 Å². The maximum absolute atomic E-state index is 13.4. The fourth-order valence-electron chi connectivity index (χ4n) is 3.55. The number of methoxy groups -OCH3 is 3. The van der Waals surface area contributed by atoms with Crippen molar-refractivity contribution in [2.75, 3.05) is 54.1 Å². The summed E-state index contributed by atoms with van der Waals surface area (Å²) in [6.45, 7) is 6.44. The van der Waals surface area contributed by atoms with E-state index in [-0.39, 0.29) is 18.5 Å². The van der Waals surface area contributed by atoms with Gasteiger partial charge in [-0.2, -0.15) is 0 Å². The minimum absolute atomic E-state index is 0.00237. The minimum atomic E-state index is -0.240. The molecule has 0 bridgehead atoms. The van der Waals surface area contributed by atoms with Crippen molar-refractivity contribution in [2.24, 2.45) is 0 Å². The predicted molar refractivity (Wildman–Crippen MR) is 139 cm³/mol. The fraction of sp³-hybridized carbons (Fsp3) is 0.538. The summed E-state index contributed by atoms with van der Waals surface area (Å²) in [5, 5.41) is 2.91. The summed E-state index contributed by atoms with van der Waals surface area (Å²) < 4.78 is 15.9. The second-order valence-electron chi connectivity index (χ2n) is 8.27. The smallest absolute Gasteiger partial charge is 0.317 e. The predicted octanol–water partition coefficient (Wildman–Crippen LogP) is 4.10. The van der Waals surface area contributed by atoms with Gasteiger partial charge in [-0.25, -0.2) is 4.79 Å². The highest BCUT2D eigenvalue weighted by molar-refractivity contribution is 7.11. The van der Waals surface area contributed by atoms with Crippen LogP contribution < -0.4 is 14.8 Å². The van der Waals surface area contributed by atoms with Crippen molar-refractivity contribution in [2.45, 2.75) is 39.7 Å². The molecule has 1 aromatic heterocycles. The van der Waals surface area contributed by atoms with Gasteiger partial charge in [0.1, 0.15) is 6.54 Å². The average Bonchev–Trinajstić information content (AvgIpc) is 3.28. The van der Waals surface area contributed by atoms with Gasteiger partial charge in [0, 0.05) is 36.5 Å². The van der Waals surface area contributed by atoms with Crippen LogP contribution in [-0.4, -0.2) is 75.9 Å². The van der Waals surface area contributed by atoms with Crippen molar-refractivity contribution in [1.82, 2.24) is 15.1 Å². The van der Waals surface area contributed by atoms with Gasteiger partial charge in [0.05, 0.1) is 27.4 Å². The standard InChI is InChI=1S/C26H39N3O5S/c1-6-7-13-27-26(31)29(15-16-32-3)19-25(30)28(18-22-10-8-20(2)35-22)14-12-21-9-11-23(33-4)24(17-21)34-5/h8-11,17H,6-7,12-16,18-19H2,1-5H3,(H,27,31). The molecule has 0 fully saturated rings. The van der Waals surface area contributed by atoms with Crippen molar-refractivity contribution >= 4 is 23.3 Å². The van der Waals surface area contributed by atoms with Crippen molar-refractivity contribution < 1.29 is 23.8 Å². The van der Waals surface area contributed by atoms with Crippen LogP contribution in [0.2, 0.25) is 0 Å². The summed E-state index contributed by atoms with van der Waals surface area (Å²) in [6.07, 6.45) is 2.53. The molecule has 0 spiro atoms. The van der Waals surface area contributed by atoms with Gasteiger partial charge in [-0.05, 0) is 49.6 Å². The van der Waals surface area contributed by atoms with Crippen LogP contribution in [0.15, 0.2) is 30.3 Å². The van der Waals surface area contributed by atoms with Gasteiger partial charge in [-0.15, -0.1) is 11.3 Å². The van der Waals surface area contributed by atoms with Gasteiger partial charge in [0.2, 0.25) is 5.91 Å². The lowest BCUT2D eigenvalue weighted by molar-refractivity contribution is -0.132. The lowest BCUT2D eigenvalue weighted by Crippen LogP contribution is -2.48. The molecule has 1 N–H and O–H groups in total. The Kier molecular flexibility index (Phi) is 12.4. The summed E-state index contributed by atoms with van der Waals surface area (Å²) in [5.74, 6) is 1.23. The molecule has 0 unspecified atom stereocenters. The molecule has 0 radical (unpaired) electrons. The van der Waals surface area contributed by atoms with Crippen LogP contribution in [0.3, 0.4) is 0 Å². The van der Waals surface area contributed by atoms with E-state index in [0.717, 1.165) is 23.3 Å². The molecular weight excluding hydrogens is 466 g/mol. The number of ether oxygens (including phenoxy) is 3. The molecule has 0 saturated heterocycles. The highest BCUT2D eigenvalue weighted by Gasteiger charge is 2.22. The van der Waals surface area contributed by atoms with E-state index in [1.165, 1.54) is 9.78 Å². The summed E-state index contributed by atoms with van der Waals surface area (Å²) in [7, 11) is 4.80. The van der Waals surface area contributed by atoms with Crippen LogP contribution in [0.1, 0.15) is 35.1 Å². The molecule has 1 heterocycles. The van der Waals surface area contributed by atoms with Crippen molar-refractivity contribution in [1.29, 1.82) is 0 Å². The van der Waals surface area contributed by atoms with Crippen LogP contribution >= 0.6 is 11.3 Å². The Balaban J connectivity index is 2.14. The monoisotopic (exact) mass is 505 g/mol. The van der Waals surface area contributed by atoms with Crippen molar-refractivity contribution in [3.05, 3.63) is 45.6 Å². The molecule has 0 aliphatic rings. The van der Waals surface area contributed by atoms with E-state index in [0.29, 0.717) is 50.7 Å². The fourth-order valence-corrected chi connectivity index (χ4v) is 4.46. The number of carbonyl (C=O) groups is 2. The number of aryl methyl sites for hydroxylation is 1. The number of thiophene rings is 1. The Morgan fingerprint density at radius 3 is 2.40 bits per heavy atom. The Bertz CT molecular complexity index is 933. The van der Waals surface area contributed by atoms with E-state index in [4.69, 9.17) is 14.2 Å². The van der Waals surface area contributed by atoms with Crippen LogP contribution in [0.4, 0.5) is 4.79 Å². The first-order valence-electron chi connectivity index (χ1n) is 12.0. The topological polar surface area (TPSA) is 80.3 Å². The van der Waals surface area contributed by atoms with E-state index in [2.05, 4.69) is 31.3 Å². The van der Waals surface area contributed by atoms with E-state index >= 15 is 0 Å². The van der Waals surface area contributed by atoms with Gasteiger partial charge in [0.25, 0.3) is 0 Å². The number of nitrogens with zero attached hydrogens (tertiary/aromatic N) is 2. The average molecular weight is 506 g/mol. The number of nitrogens with one attached hydrogen (secondary N) is 1. The lowest BCUT2D eigenvalue weighted by atomic mass is 10.1. The summed E-state index contributed by atoms with van der Waals surface area (Å²) >= 11 is 1.68. The number of rotatable bonds is 15. The van der Waals surface area contributed by atoms with Gasteiger partial charge >= 0.3 is 6.03 Å². The number of amides is 3. The molecular formula is C26H39N3O5S. The first-order valence-corrected chi connectivity index (χ1v) is 12.8. The van der Waals surface area contributed by atoms with E-state index in [9.17, 15) is 9.59 Å². The Hall–Kier alpha value is -2.78. The maximum atomic E-state index is 13.4. The third-order valence-electron chi connectivity index (χ3n) is 5.60. The third-order valence-corrected chi connectivity index (χ3v) is 6.58. The molecule has 3 amide bonds. The molecule has 2 aromatic rings. The Morgan fingerprint density at radius 1 is 1.00 bits per heavy atom. The quantitative estimate of drug-likeness (QED) is 0.369. The van der Waals surface area contributed by atoms with E-state index in [1.54, 1.807) is 32.7 Å². The first kappa shape index (κ1) is 28.5. The van der Waals surface area contributed by atoms with Gasteiger partial charge in [0.15, 0.2) is 11.5 Å². The normalized spacial score (nSPS) is 10.7. The number of hydrogen-bond acceptors (Lipinski definition) is 6. The molecule has 8 nitrogen and oxygen atoms in total. The zero-order valence-electron chi connectivity index (χ0n) is 21.6. The van der Waals surface area contributed by atoms with Crippen molar-refractivity contribution in [3.63, 3.8) is 0 Å². The zero-order valence-corrected chi connectivity index (χ0v) is 22.4. The highest BCUT2D eigenvalue weighted by atomic mass is 32.1. The number of unbranched alkanes of at least 4 members (excludes halogenated alkanes) is 1. The van der Waals surface area contributed by atoms with E-state index < -0.39 is 0 Å². The largest absolute Gasteiger partial charge is 0.493 e. The number of benzene rings is 1.